The molecule has 0 saturated heterocycles. The summed E-state index contributed by atoms with van der Waals surface area (Å²) in [5.74, 6) is -0.593. The molecule has 166 valence electrons. The Hall–Kier alpha value is -4.73. The molecule has 4 heterocycles. The molecule has 1 unspecified atom stereocenters. The number of aryl methyl sites for hydroxylation is 1. The lowest BCUT2D eigenvalue weighted by Crippen LogP contribution is -2.26. The van der Waals surface area contributed by atoms with Crippen molar-refractivity contribution in [2.75, 3.05) is 11.5 Å². The van der Waals surface area contributed by atoms with Crippen LogP contribution in [0.2, 0.25) is 0 Å². The maximum atomic E-state index is 14.2. The second-order valence-electron chi connectivity index (χ2n) is 7.44. The van der Waals surface area contributed by atoms with Gasteiger partial charge in [-0.25, -0.2) is 28.5 Å². The fourth-order valence-electron chi connectivity index (χ4n) is 3.90. The number of hydrogen-bond donors (Lipinski definition) is 2. The Labute approximate surface area is 185 Å². The number of fused-ring (bicyclic) bond motifs is 7. The first-order valence-electron chi connectivity index (χ1n) is 9.79. The molecule has 0 amide bonds. The number of ether oxygens (including phenoxy) is 1. The second-order valence-corrected chi connectivity index (χ2v) is 7.44. The predicted octanol–water partition coefficient (Wildman–Crippen LogP) is 0.901. The van der Waals surface area contributed by atoms with Crippen molar-refractivity contribution in [2.24, 2.45) is 7.05 Å². The lowest BCUT2D eigenvalue weighted by Gasteiger charge is -2.22. The van der Waals surface area contributed by atoms with Gasteiger partial charge >= 0.3 is 5.69 Å². The third-order valence-electron chi connectivity index (χ3n) is 5.38. The Morgan fingerprint density at radius 1 is 1.30 bits per heavy atom. The van der Waals surface area contributed by atoms with E-state index in [0.29, 0.717) is 22.5 Å². The highest BCUT2D eigenvalue weighted by Crippen LogP contribution is 2.33. The minimum Gasteiger partial charge on any atom is -0.467 e. The number of halogens is 1. The van der Waals surface area contributed by atoms with Gasteiger partial charge in [-0.2, -0.15) is 15.3 Å². The molecule has 13 heteroatoms. The largest absolute Gasteiger partial charge is 0.467 e. The van der Waals surface area contributed by atoms with Gasteiger partial charge in [0.1, 0.15) is 23.7 Å². The van der Waals surface area contributed by atoms with E-state index in [2.05, 4.69) is 26.1 Å². The van der Waals surface area contributed by atoms with Gasteiger partial charge in [0.05, 0.1) is 35.4 Å². The molecule has 2 bridgehead atoms. The number of nitrogen functional groups attached to an aromatic ring is 2. The molecule has 1 aliphatic heterocycles. The summed E-state index contributed by atoms with van der Waals surface area (Å²) >= 11 is 0. The summed E-state index contributed by atoms with van der Waals surface area (Å²) in [4.78, 5) is 25.2. The minimum absolute atomic E-state index is 0.00507. The van der Waals surface area contributed by atoms with E-state index in [4.69, 9.17) is 16.2 Å². The maximum Gasteiger partial charge on any atom is 0.366 e. The van der Waals surface area contributed by atoms with E-state index in [-0.39, 0.29) is 35.6 Å². The molecule has 0 spiro atoms. The van der Waals surface area contributed by atoms with Crippen molar-refractivity contribution in [3.8, 4) is 28.9 Å². The van der Waals surface area contributed by atoms with Crippen molar-refractivity contribution in [2.45, 2.75) is 19.6 Å². The number of benzene rings is 1. The molecule has 5 rings (SSSR count). The van der Waals surface area contributed by atoms with Gasteiger partial charge in [0.2, 0.25) is 5.95 Å². The standard InChI is InChI=1S/C20H17FN10O2/c1-9-11-5-10(21)3-4-14(11)31-19(24)27-20(32)30(31)8-13-16(15(6-22)29(2)28-13)12-7-25-17(23)18(26-12)33-9/h3-5,7,9H,8H2,1-2H3,(H2,23,25)(H2,24,27,32). The van der Waals surface area contributed by atoms with Gasteiger partial charge in [0, 0.05) is 12.6 Å². The fraction of sp³-hybridized carbons (Fsp3) is 0.200. The number of nitrogens with zero attached hydrogens (tertiary/aromatic N) is 8. The van der Waals surface area contributed by atoms with Gasteiger partial charge in [-0.15, -0.1) is 0 Å². The molecule has 33 heavy (non-hydrogen) atoms. The van der Waals surface area contributed by atoms with E-state index in [1.807, 2.05) is 0 Å². The smallest absolute Gasteiger partial charge is 0.366 e. The third kappa shape index (κ3) is 3.07. The quantitative estimate of drug-likeness (QED) is 0.397. The van der Waals surface area contributed by atoms with Crippen molar-refractivity contribution in [1.29, 1.82) is 5.26 Å². The highest BCUT2D eigenvalue weighted by atomic mass is 19.1. The van der Waals surface area contributed by atoms with Gasteiger partial charge in [-0.3, -0.25) is 4.68 Å². The Kier molecular flexibility index (Phi) is 4.38. The average molecular weight is 448 g/mol. The molecule has 4 N–H and O–H groups in total. The summed E-state index contributed by atoms with van der Waals surface area (Å²) in [6, 6.07) is 6.07. The van der Waals surface area contributed by atoms with E-state index in [1.165, 1.54) is 38.4 Å². The summed E-state index contributed by atoms with van der Waals surface area (Å²) in [6.45, 7) is 1.57. The summed E-state index contributed by atoms with van der Waals surface area (Å²) in [5.41, 5.74) is 13.4. The Bertz CT molecular complexity index is 1530. The molecule has 1 aliphatic rings. The zero-order chi connectivity index (χ0) is 23.4. The molecule has 1 aromatic carbocycles. The minimum atomic E-state index is -0.767. The first-order chi connectivity index (χ1) is 15.8. The van der Waals surface area contributed by atoms with Crippen LogP contribution in [0.3, 0.4) is 0 Å². The highest BCUT2D eigenvalue weighted by Gasteiger charge is 2.27. The van der Waals surface area contributed by atoms with Crippen molar-refractivity contribution in [3.63, 3.8) is 0 Å². The van der Waals surface area contributed by atoms with Crippen LogP contribution in [-0.2, 0) is 13.6 Å². The van der Waals surface area contributed by atoms with Crippen molar-refractivity contribution < 1.29 is 9.13 Å². The molecule has 0 aliphatic carbocycles. The van der Waals surface area contributed by atoms with Crippen LogP contribution < -0.4 is 21.9 Å². The number of aromatic nitrogens is 7. The van der Waals surface area contributed by atoms with Gasteiger partial charge in [0.15, 0.2) is 5.82 Å². The second kappa shape index (κ2) is 7.16. The Balaban J connectivity index is 1.89. The SMILES string of the molecule is CC1Oc2nc(cnc2N)-c2c(nn(C)c2C#N)Cn2c(=O)nc(N)n2-c2ccc(F)cc21. The van der Waals surface area contributed by atoms with Gasteiger partial charge in [0.25, 0.3) is 5.88 Å². The van der Waals surface area contributed by atoms with Crippen LogP contribution in [0.4, 0.5) is 16.2 Å². The van der Waals surface area contributed by atoms with Gasteiger partial charge < -0.3 is 16.2 Å². The number of nitriles is 1. The average Bonchev–Trinajstić information content (AvgIpc) is 3.23. The predicted molar refractivity (Wildman–Crippen MR) is 114 cm³/mol. The molecule has 1 atom stereocenters. The summed E-state index contributed by atoms with van der Waals surface area (Å²) in [5, 5.41) is 14.1. The lowest BCUT2D eigenvalue weighted by atomic mass is 10.1. The highest BCUT2D eigenvalue weighted by molar-refractivity contribution is 5.69. The van der Waals surface area contributed by atoms with Gasteiger partial charge in [-0.1, -0.05) is 0 Å². The number of anilines is 2. The van der Waals surface area contributed by atoms with E-state index < -0.39 is 17.6 Å². The van der Waals surface area contributed by atoms with Crippen molar-refractivity contribution >= 4 is 11.8 Å². The van der Waals surface area contributed by atoms with E-state index in [9.17, 15) is 14.4 Å². The van der Waals surface area contributed by atoms with Crippen LogP contribution in [0, 0.1) is 17.1 Å². The first kappa shape index (κ1) is 20.2. The Morgan fingerprint density at radius 3 is 2.85 bits per heavy atom. The topological polar surface area (TPSA) is 168 Å². The van der Waals surface area contributed by atoms with Crippen molar-refractivity contribution in [1.82, 2.24) is 34.1 Å². The maximum absolute atomic E-state index is 14.2. The molecule has 12 nitrogen and oxygen atoms in total. The van der Waals surface area contributed by atoms with Crippen LogP contribution in [0.5, 0.6) is 5.88 Å². The number of nitrogens with two attached hydrogens (primary N) is 2. The van der Waals surface area contributed by atoms with E-state index >= 15 is 0 Å². The van der Waals surface area contributed by atoms with Crippen LogP contribution in [0.1, 0.15) is 30.0 Å². The van der Waals surface area contributed by atoms with Crippen LogP contribution in [-0.4, -0.2) is 34.1 Å². The molecule has 3 aromatic heterocycles. The van der Waals surface area contributed by atoms with Crippen LogP contribution >= 0.6 is 0 Å². The van der Waals surface area contributed by atoms with Gasteiger partial charge in [-0.05, 0) is 25.1 Å². The number of hydrogen-bond acceptors (Lipinski definition) is 9. The lowest BCUT2D eigenvalue weighted by molar-refractivity contribution is 0.217. The molecule has 0 saturated carbocycles. The monoisotopic (exact) mass is 448 g/mol. The summed E-state index contributed by atoms with van der Waals surface area (Å²) in [6.07, 6.45) is 0.623. The first-order valence-corrected chi connectivity index (χ1v) is 9.79. The van der Waals surface area contributed by atoms with Crippen LogP contribution in [0.25, 0.3) is 16.9 Å². The number of rotatable bonds is 0. The summed E-state index contributed by atoms with van der Waals surface area (Å²) < 4.78 is 24.2. The molecule has 0 fully saturated rings. The third-order valence-corrected chi connectivity index (χ3v) is 5.38. The molecule has 0 radical (unpaired) electrons. The zero-order valence-electron chi connectivity index (χ0n) is 17.5. The molecular weight excluding hydrogens is 431 g/mol. The fourth-order valence-corrected chi connectivity index (χ4v) is 3.90. The zero-order valence-corrected chi connectivity index (χ0v) is 17.5. The van der Waals surface area contributed by atoms with E-state index in [0.717, 1.165) is 0 Å². The molecule has 4 aromatic rings. The normalized spacial score (nSPS) is 14.7. The molecular formula is C20H17FN10O2. The summed E-state index contributed by atoms with van der Waals surface area (Å²) in [7, 11) is 1.60. The van der Waals surface area contributed by atoms with Crippen molar-refractivity contribution in [3.05, 3.63) is 57.6 Å². The Morgan fingerprint density at radius 2 is 2.09 bits per heavy atom. The van der Waals surface area contributed by atoms with Crippen LogP contribution in [0.15, 0.2) is 29.2 Å². The van der Waals surface area contributed by atoms with E-state index in [1.54, 1.807) is 14.0 Å².